The van der Waals surface area contributed by atoms with Crippen LogP contribution in [0, 0.1) is 0 Å². The molecule has 0 heterocycles. The molecular weight excluding hydrogens is 564 g/mol. The van der Waals surface area contributed by atoms with Crippen LogP contribution < -0.4 is 23.7 Å². The standard InChI is InChI=1S/C23H22O3.C16H16O3/c1-24-22-14-20(15-23(16-22)25-2)9-8-18-10-12-21(13-11-18)26-17-19-6-4-3-5-7-19;1-18-15-9-13(10-16(11-15)19-2)4-3-12-5-7-14(17)8-6-12/h3-16H,17H2,1-2H3;3-11,17H,1-2H3/b9-8+;4-3+. The molecule has 0 spiro atoms. The van der Waals surface area contributed by atoms with Crippen LogP contribution in [0.4, 0.5) is 0 Å². The molecular formula is C39H38O6. The third-order valence-electron chi connectivity index (χ3n) is 6.71. The molecule has 5 aromatic carbocycles. The lowest BCUT2D eigenvalue weighted by atomic mass is 10.1. The van der Waals surface area contributed by atoms with Gasteiger partial charge in [-0.05, 0) is 76.3 Å². The summed E-state index contributed by atoms with van der Waals surface area (Å²) < 4.78 is 26.8. The lowest BCUT2D eigenvalue weighted by Crippen LogP contribution is -1.94. The van der Waals surface area contributed by atoms with Crippen molar-refractivity contribution in [3.8, 4) is 34.5 Å². The molecule has 0 aliphatic rings. The number of phenols is 1. The minimum Gasteiger partial charge on any atom is -0.508 e. The zero-order chi connectivity index (χ0) is 31.9. The highest BCUT2D eigenvalue weighted by Crippen LogP contribution is 2.25. The SMILES string of the molecule is COc1cc(/C=C/c2ccc(O)cc2)cc(OC)c1.COc1cc(/C=C/c2ccc(OCc3ccccc3)cc2)cc(OC)c1. The van der Waals surface area contributed by atoms with E-state index in [9.17, 15) is 5.11 Å². The van der Waals surface area contributed by atoms with E-state index in [1.807, 2.05) is 109 Å². The number of hydrogen-bond donors (Lipinski definition) is 1. The fraction of sp³-hybridized carbons (Fsp3) is 0.128. The van der Waals surface area contributed by atoms with Gasteiger partial charge in [0.1, 0.15) is 41.1 Å². The lowest BCUT2D eigenvalue weighted by Gasteiger charge is -2.07. The van der Waals surface area contributed by atoms with Gasteiger partial charge in [-0.3, -0.25) is 0 Å². The van der Waals surface area contributed by atoms with Crippen molar-refractivity contribution in [2.75, 3.05) is 28.4 Å². The second kappa shape index (κ2) is 16.9. The molecule has 6 heteroatoms. The van der Waals surface area contributed by atoms with Crippen LogP contribution in [-0.2, 0) is 6.61 Å². The topological polar surface area (TPSA) is 66.4 Å². The molecule has 5 aromatic rings. The second-order valence-corrected chi connectivity index (χ2v) is 9.89. The largest absolute Gasteiger partial charge is 0.508 e. The van der Waals surface area contributed by atoms with Crippen LogP contribution in [0.15, 0.2) is 115 Å². The van der Waals surface area contributed by atoms with Crippen molar-refractivity contribution in [1.29, 1.82) is 0 Å². The average Bonchev–Trinajstić information content (AvgIpc) is 3.10. The van der Waals surface area contributed by atoms with Crippen molar-refractivity contribution in [1.82, 2.24) is 0 Å². The molecule has 0 aromatic heterocycles. The summed E-state index contributed by atoms with van der Waals surface area (Å²) in [5.41, 5.74) is 5.27. The van der Waals surface area contributed by atoms with E-state index in [2.05, 4.69) is 18.2 Å². The third-order valence-corrected chi connectivity index (χ3v) is 6.71. The predicted molar refractivity (Wildman–Crippen MR) is 182 cm³/mol. The first-order valence-electron chi connectivity index (χ1n) is 14.4. The molecule has 0 saturated heterocycles. The maximum Gasteiger partial charge on any atom is 0.123 e. The van der Waals surface area contributed by atoms with Crippen LogP contribution in [0.1, 0.15) is 27.8 Å². The Hall–Kier alpha value is -5.62. The Balaban J connectivity index is 0.000000215. The Bertz CT molecular complexity index is 1630. The van der Waals surface area contributed by atoms with Gasteiger partial charge in [0.05, 0.1) is 28.4 Å². The molecule has 1 N–H and O–H groups in total. The number of phenolic OH excluding ortho intramolecular Hbond substituents is 1. The van der Waals surface area contributed by atoms with Crippen LogP contribution in [0.2, 0.25) is 0 Å². The molecule has 5 rings (SSSR count). The van der Waals surface area contributed by atoms with Crippen molar-refractivity contribution in [3.05, 3.63) is 143 Å². The fourth-order valence-corrected chi connectivity index (χ4v) is 4.24. The molecule has 0 bridgehead atoms. The lowest BCUT2D eigenvalue weighted by molar-refractivity contribution is 0.306. The Morgan fingerprint density at radius 1 is 0.444 bits per heavy atom. The van der Waals surface area contributed by atoms with E-state index in [4.69, 9.17) is 23.7 Å². The summed E-state index contributed by atoms with van der Waals surface area (Å²) in [6, 6.07) is 36.7. The number of methoxy groups -OCH3 is 4. The monoisotopic (exact) mass is 602 g/mol. The van der Waals surface area contributed by atoms with E-state index in [0.29, 0.717) is 6.61 Å². The summed E-state index contributed by atoms with van der Waals surface area (Å²) in [6.07, 6.45) is 8.02. The van der Waals surface area contributed by atoms with E-state index in [0.717, 1.165) is 56.6 Å². The fourth-order valence-electron chi connectivity index (χ4n) is 4.24. The number of hydrogen-bond acceptors (Lipinski definition) is 6. The van der Waals surface area contributed by atoms with Gasteiger partial charge < -0.3 is 28.8 Å². The highest BCUT2D eigenvalue weighted by molar-refractivity contribution is 5.72. The zero-order valence-electron chi connectivity index (χ0n) is 26.0. The van der Waals surface area contributed by atoms with Crippen molar-refractivity contribution < 1.29 is 28.8 Å². The smallest absolute Gasteiger partial charge is 0.123 e. The number of rotatable bonds is 11. The summed E-state index contributed by atoms with van der Waals surface area (Å²) >= 11 is 0. The number of aromatic hydroxyl groups is 1. The molecule has 6 nitrogen and oxygen atoms in total. The van der Waals surface area contributed by atoms with Gasteiger partial charge in [0.2, 0.25) is 0 Å². The molecule has 0 unspecified atom stereocenters. The normalized spacial score (nSPS) is 10.7. The van der Waals surface area contributed by atoms with Crippen molar-refractivity contribution in [2.45, 2.75) is 6.61 Å². The minimum absolute atomic E-state index is 0.264. The molecule has 0 amide bonds. The minimum atomic E-state index is 0.264. The van der Waals surface area contributed by atoms with Gasteiger partial charge in [0.25, 0.3) is 0 Å². The van der Waals surface area contributed by atoms with Crippen molar-refractivity contribution in [2.24, 2.45) is 0 Å². The van der Waals surface area contributed by atoms with Gasteiger partial charge in [0.15, 0.2) is 0 Å². The Kier molecular flexibility index (Phi) is 12.1. The van der Waals surface area contributed by atoms with Crippen LogP contribution in [0.5, 0.6) is 34.5 Å². The predicted octanol–water partition coefficient (Wildman–Crippen LogP) is 9.03. The van der Waals surface area contributed by atoms with Crippen LogP contribution >= 0.6 is 0 Å². The second-order valence-electron chi connectivity index (χ2n) is 9.89. The van der Waals surface area contributed by atoms with Crippen LogP contribution in [0.25, 0.3) is 24.3 Å². The van der Waals surface area contributed by atoms with Gasteiger partial charge in [-0.15, -0.1) is 0 Å². The van der Waals surface area contributed by atoms with Crippen LogP contribution in [-0.4, -0.2) is 33.5 Å². The molecule has 0 aliphatic carbocycles. The van der Waals surface area contributed by atoms with E-state index < -0.39 is 0 Å². The summed E-state index contributed by atoms with van der Waals surface area (Å²) in [6.45, 7) is 0.569. The summed E-state index contributed by atoms with van der Waals surface area (Å²) in [5.74, 6) is 4.17. The molecule has 45 heavy (non-hydrogen) atoms. The molecule has 0 saturated carbocycles. The molecule has 0 radical (unpaired) electrons. The average molecular weight is 603 g/mol. The third kappa shape index (κ3) is 10.6. The molecule has 230 valence electrons. The Labute approximate surface area is 265 Å². The van der Waals surface area contributed by atoms with Gasteiger partial charge in [-0.1, -0.05) is 78.9 Å². The maximum absolute atomic E-state index is 9.22. The van der Waals surface area contributed by atoms with E-state index >= 15 is 0 Å². The first-order chi connectivity index (χ1) is 22.0. The van der Waals surface area contributed by atoms with Gasteiger partial charge in [0, 0.05) is 12.1 Å². The van der Waals surface area contributed by atoms with Crippen molar-refractivity contribution >= 4 is 24.3 Å². The number of ether oxygens (including phenoxy) is 5. The summed E-state index contributed by atoms with van der Waals surface area (Å²) in [7, 11) is 6.55. The summed E-state index contributed by atoms with van der Waals surface area (Å²) in [4.78, 5) is 0. The Morgan fingerprint density at radius 3 is 1.27 bits per heavy atom. The van der Waals surface area contributed by atoms with Crippen molar-refractivity contribution in [3.63, 3.8) is 0 Å². The Morgan fingerprint density at radius 2 is 0.844 bits per heavy atom. The highest BCUT2D eigenvalue weighted by atomic mass is 16.5. The number of benzene rings is 5. The maximum atomic E-state index is 9.22. The molecule has 0 atom stereocenters. The van der Waals surface area contributed by atoms with Gasteiger partial charge >= 0.3 is 0 Å². The molecule has 0 fully saturated rings. The van der Waals surface area contributed by atoms with E-state index in [1.165, 1.54) is 0 Å². The summed E-state index contributed by atoms with van der Waals surface area (Å²) in [5, 5.41) is 9.22. The van der Waals surface area contributed by atoms with Crippen LogP contribution in [0.3, 0.4) is 0 Å². The van der Waals surface area contributed by atoms with Gasteiger partial charge in [-0.25, -0.2) is 0 Å². The molecule has 0 aliphatic heterocycles. The van der Waals surface area contributed by atoms with Gasteiger partial charge in [-0.2, -0.15) is 0 Å². The zero-order valence-corrected chi connectivity index (χ0v) is 26.0. The first-order valence-corrected chi connectivity index (χ1v) is 14.4. The van der Waals surface area contributed by atoms with E-state index in [-0.39, 0.29) is 5.75 Å². The quantitative estimate of drug-likeness (QED) is 0.152. The first kappa shape index (κ1) is 32.3. The highest BCUT2D eigenvalue weighted by Gasteiger charge is 2.01. The van der Waals surface area contributed by atoms with E-state index in [1.54, 1.807) is 40.6 Å².